The van der Waals surface area contributed by atoms with Gasteiger partial charge in [-0.1, -0.05) is 0 Å². The van der Waals surface area contributed by atoms with Crippen molar-refractivity contribution in [1.82, 2.24) is 25.7 Å². The molecule has 9 nitrogen and oxygen atoms in total. The van der Waals surface area contributed by atoms with Gasteiger partial charge in [0.05, 0.1) is 23.4 Å². The second-order valence-electron chi connectivity index (χ2n) is 9.73. The summed E-state index contributed by atoms with van der Waals surface area (Å²) < 4.78 is 25.9. The second-order valence-corrected chi connectivity index (χ2v) is 9.73. The summed E-state index contributed by atoms with van der Waals surface area (Å²) in [7, 11) is 1.54. The molecule has 176 valence electrons. The van der Waals surface area contributed by atoms with Crippen molar-refractivity contribution in [1.29, 1.82) is 0 Å². The van der Waals surface area contributed by atoms with E-state index in [0.29, 0.717) is 39.0 Å². The third-order valence-electron chi connectivity index (χ3n) is 7.36. The van der Waals surface area contributed by atoms with E-state index < -0.39 is 6.17 Å². The first-order valence-corrected chi connectivity index (χ1v) is 11.6. The first kappa shape index (κ1) is 21.9. The van der Waals surface area contributed by atoms with Gasteiger partial charge in [-0.2, -0.15) is 0 Å². The van der Waals surface area contributed by atoms with Gasteiger partial charge < -0.3 is 19.3 Å². The van der Waals surface area contributed by atoms with Gasteiger partial charge >= 0.3 is 0 Å². The molecule has 0 spiro atoms. The van der Waals surface area contributed by atoms with Crippen LogP contribution in [0.1, 0.15) is 44.3 Å². The Bertz CT molecular complexity index is 832. The molecule has 2 aliphatic heterocycles. The Balaban J connectivity index is 1.25. The number of nitrogens with zero attached hydrogens (tertiary/aromatic N) is 4. The number of ether oxygens (including phenoxy) is 2. The average molecular weight is 449 g/mol. The van der Waals surface area contributed by atoms with Crippen molar-refractivity contribution < 1.29 is 18.7 Å². The largest absolute Gasteiger partial charge is 0.375 e. The number of hydrazine groups is 1. The highest BCUT2D eigenvalue weighted by molar-refractivity contribution is 5.77. The van der Waals surface area contributed by atoms with Gasteiger partial charge in [0, 0.05) is 51.3 Å². The number of rotatable bonds is 6. The van der Waals surface area contributed by atoms with E-state index in [1.54, 1.807) is 6.33 Å². The molecule has 5 atom stereocenters. The van der Waals surface area contributed by atoms with Gasteiger partial charge in [-0.15, -0.1) is 0 Å². The highest BCUT2D eigenvalue weighted by Crippen LogP contribution is 2.45. The van der Waals surface area contributed by atoms with Crippen LogP contribution in [-0.2, 0) is 14.3 Å². The van der Waals surface area contributed by atoms with Crippen LogP contribution in [0.25, 0.3) is 0 Å². The van der Waals surface area contributed by atoms with Crippen LogP contribution < -0.4 is 15.8 Å². The van der Waals surface area contributed by atoms with E-state index in [2.05, 4.69) is 32.6 Å². The average Bonchev–Trinajstić information content (AvgIpc) is 3.39. The lowest BCUT2D eigenvalue weighted by molar-refractivity contribution is -0.135. The van der Waals surface area contributed by atoms with E-state index >= 15 is 0 Å². The Morgan fingerprint density at radius 1 is 1.22 bits per heavy atom. The number of piperazine rings is 1. The van der Waals surface area contributed by atoms with E-state index in [-0.39, 0.29) is 42.2 Å². The van der Waals surface area contributed by atoms with Gasteiger partial charge in [0.15, 0.2) is 0 Å². The maximum atomic E-state index is 14.8. The van der Waals surface area contributed by atoms with Crippen LogP contribution in [0.2, 0.25) is 0 Å². The Morgan fingerprint density at radius 2 is 2.00 bits per heavy atom. The third-order valence-corrected chi connectivity index (χ3v) is 7.36. The van der Waals surface area contributed by atoms with Gasteiger partial charge in [-0.25, -0.2) is 19.8 Å². The predicted octanol–water partition coefficient (Wildman–Crippen LogP) is 0.975. The lowest BCUT2D eigenvalue weighted by Gasteiger charge is -2.37. The molecule has 32 heavy (non-hydrogen) atoms. The van der Waals surface area contributed by atoms with Crippen LogP contribution >= 0.6 is 0 Å². The van der Waals surface area contributed by atoms with E-state index in [4.69, 9.17) is 9.47 Å². The number of alkyl halides is 1. The van der Waals surface area contributed by atoms with Crippen LogP contribution in [0.15, 0.2) is 12.4 Å². The molecule has 1 aromatic rings. The molecular formula is C22H33FN6O3. The van der Waals surface area contributed by atoms with Gasteiger partial charge in [0.1, 0.15) is 24.9 Å². The summed E-state index contributed by atoms with van der Waals surface area (Å²) in [5, 5.41) is 0. The number of anilines is 1. The Kier molecular flexibility index (Phi) is 6.04. The number of amides is 1. The maximum Gasteiger partial charge on any atom is 0.248 e. The van der Waals surface area contributed by atoms with E-state index in [0.717, 1.165) is 24.4 Å². The Morgan fingerprint density at radius 3 is 2.72 bits per heavy atom. The molecule has 2 saturated heterocycles. The van der Waals surface area contributed by atoms with Gasteiger partial charge in [0.25, 0.3) is 0 Å². The molecule has 2 N–H and O–H groups in total. The zero-order valence-electron chi connectivity index (χ0n) is 18.8. The summed E-state index contributed by atoms with van der Waals surface area (Å²) in [6.07, 6.45) is 3.46. The number of methoxy groups -OCH3 is 1. The highest BCUT2D eigenvalue weighted by Gasteiger charge is 2.50. The Hall–Kier alpha value is -1.88. The molecule has 1 amide bonds. The van der Waals surface area contributed by atoms with Crippen molar-refractivity contribution in [3.8, 4) is 0 Å². The molecular weight excluding hydrogens is 415 g/mol. The minimum Gasteiger partial charge on any atom is -0.375 e. The van der Waals surface area contributed by atoms with Crippen LogP contribution in [0.5, 0.6) is 0 Å². The monoisotopic (exact) mass is 448 g/mol. The first-order chi connectivity index (χ1) is 15.5. The molecule has 0 bridgehead atoms. The number of carbonyl (C=O) groups excluding carboxylic acids is 1. The summed E-state index contributed by atoms with van der Waals surface area (Å²) in [6.45, 7) is 4.91. The molecule has 0 aromatic carbocycles. The molecule has 3 heterocycles. The molecule has 10 heteroatoms. The summed E-state index contributed by atoms with van der Waals surface area (Å²) >= 11 is 0. The third kappa shape index (κ3) is 4.46. The van der Waals surface area contributed by atoms with Gasteiger partial charge in [-0.05, 0) is 32.6 Å². The number of hydrogen-bond donors (Lipinski definition) is 2. The summed E-state index contributed by atoms with van der Waals surface area (Å²) in [4.78, 5) is 25.1. The summed E-state index contributed by atoms with van der Waals surface area (Å²) in [5.74, 6) is 1.08. The SMILES string of the molecule is COCC(=O)N1CCN(c2cc(C3NNC4CC(F)C(OC5(C)CC5)CC43)ncn2)CC1. The second kappa shape index (κ2) is 8.81. The van der Waals surface area contributed by atoms with Crippen molar-refractivity contribution >= 4 is 11.7 Å². The van der Waals surface area contributed by atoms with E-state index in [9.17, 15) is 9.18 Å². The van der Waals surface area contributed by atoms with Crippen molar-refractivity contribution in [2.45, 2.75) is 62.6 Å². The zero-order valence-corrected chi connectivity index (χ0v) is 18.8. The summed E-state index contributed by atoms with van der Waals surface area (Å²) in [5.41, 5.74) is 7.41. The van der Waals surface area contributed by atoms with E-state index in [1.165, 1.54) is 7.11 Å². The molecule has 1 aromatic heterocycles. The normalized spacial score (nSPS) is 33.8. The fraction of sp³-hybridized carbons (Fsp3) is 0.773. The number of fused-ring (bicyclic) bond motifs is 1. The zero-order chi connectivity index (χ0) is 22.3. The van der Waals surface area contributed by atoms with Crippen molar-refractivity contribution in [2.75, 3.05) is 44.8 Å². The van der Waals surface area contributed by atoms with Crippen LogP contribution in [-0.4, -0.2) is 84.6 Å². The highest BCUT2D eigenvalue weighted by atomic mass is 19.1. The number of aromatic nitrogens is 2. The number of carbonyl (C=O) groups is 1. The molecule has 0 radical (unpaired) electrons. The molecule has 5 rings (SSSR count). The fourth-order valence-electron chi connectivity index (χ4n) is 5.17. The van der Waals surface area contributed by atoms with Crippen molar-refractivity contribution in [3.63, 3.8) is 0 Å². The topological polar surface area (TPSA) is 91.9 Å². The minimum absolute atomic E-state index is 0.0167. The number of hydrogen-bond acceptors (Lipinski definition) is 8. The predicted molar refractivity (Wildman–Crippen MR) is 116 cm³/mol. The van der Waals surface area contributed by atoms with Crippen molar-refractivity contribution in [2.24, 2.45) is 5.92 Å². The van der Waals surface area contributed by atoms with Crippen molar-refractivity contribution in [3.05, 3.63) is 18.1 Å². The molecule has 5 unspecified atom stereocenters. The quantitative estimate of drug-likeness (QED) is 0.666. The maximum absolute atomic E-state index is 14.8. The lowest BCUT2D eigenvalue weighted by atomic mass is 9.78. The lowest BCUT2D eigenvalue weighted by Crippen LogP contribution is -2.50. The van der Waals surface area contributed by atoms with Gasteiger partial charge in [0.2, 0.25) is 5.91 Å². The Labute approximate surface area is 188 Å². The smallest absolute Gasteiger partial charge is 0.248 e. The molecule has 4 fully saturated rings. The van der Waals surface area contributed by atoms with Crippen LogP contribution in [0.4, 0.5) is 10.2 Å². The first-order valence-electron chi connectivity index (χ1n) is 11.6. The number of halogens is 1. The number of nitrogens with one attached hydrogen (secondary N) is 2. The molecule has 4 aliphatic rings. The van der Waals surface area contributed by atoms with E-state index in [1.807, 2.05) is 11.0 Å². The van der Waals surface area contributed by atoms with Gasteiger partial charge in [-0.3, -0.25) is 10.2 Å². The molecule has 2 aliphatic carbocycles. The molecule has 2 saturated carbocycles. The summed E-state index contributed by atoms with van der Waals surface area (Å²) in [6, 6.07) is 2.07. The van der Waals surface area contributed by atoms with Crippen LogP contribution in [0.3, 0.4) is 0 Å². The fourth-order valence-corrected chi connectivity index (χ4v) is 5.17. The van der Waals surface area contributed by atoms with Crippen LogP contribution in [0, 0.1) is 5.92 Å². The minimum atomic E-state index is -0.945. The standard InChI is InChI=1S/C22H33FN6O3/c1-22(3-4-22)32-18-9-14-16(10-15(18)23)26-27-21(14)17-11-19(25-13-24-17)28-5-7-29(8-6-28)20(30)12-31-2/h11,13-16,18,21,26-27H,3-10,12H2,1-2H3.